The summed E-state index contributed by atoms with van der Waals surface area (Å²) < 4.78 is 0. The van der Waals surface area contributed by atoms with Gasteiger partial charge < -0.3 is 0 Å². The third kappa shape index (κ3) is 11.7. The average molecular weight is 905 g/mol. The number of hydrogen-bond donors (Lipinski definition) is 0. The fraction of sp³-hybridized carbons (Fsp3) is 0.254. The molecular formula is C67H72N2. The Balaban J connectivity index is 0.000000440. The number of aryl methyl sites for hydroxylation is 1. The third-order valence-corrected chi connectivity index (χ3v) is 13.3. The van der Waals surface area contributed by atoms with Crippen LogP contribution in [0.4, 0.5) is 0 Å². The largest absolute Gasteiger partial charge is 0.228 e. The maximum absolute atomic E-state index is 5.55. The van der Waals surface area contributed by atoms with Crippen LogP contribution in [-0.2, 0) is 0 Å². The van der Waals surface area contributed by atoms with Gasteiger partial charge in [0, 0.05) is 22.3 Å². The molecule has 1 fully saturated rings. The van der Waals surface area contributed by atoms with E-state index in [2.05, 4.69) is 198 Å². The van der Waals surface area contributed by atoms with E-state index in [1.165, 1.54) is 118 Å². The van der Waals surface area contributed by atoms with Crippen LogP contribution >= 0.6 is 0 Å². The molecule has 0 N–H and O–H groups in total. The van der Waals surface area contributed by atoms with Gasteiger partial charge >= 0.3 is 0 Å². The van der Waals surface area contributed by atoms with Crippen molar-refractivity contribution in [3.63, 3.8) is 0 Å². The van der Waals surface area contributed by atoms with Crippen molar-refractivity contribution in [3.8, 4) is 45.0 Å². The summed E-state index contributed by atoms with van der Waals surface area (Å²) in [4.78, 5) is 11.0. The van der Waals surface area contributed by atoms with Crippen molar-refractivity contribution in [1.29, 1.82) is 0 Å². The Labute approximate surface area is 413 Å². The molecule has 1 heterocycles. The molecule has 0 unspecified atom stereocenters. The number of aromatic nitrogens is 2. The lowest BCUT2D eigenvalue weighted by Crippen LogP contribution is -2.02. The summed E-state index contributed by atoms with van der Waals surface area (Å²) in [5, 5.41) is 9.69. The van der Waals surface area contributed by atoms with Crippen molar-refractivity contribution in [1.82, 2.24) is 9.97 Å². The molecule has 0 bridgehead atoms. The van der Waals surface area contributed by atoms with E-state index in [4.69, 9.17) is 9.97 Å². The predicted molar refractivity (Wildman–Crippen MR) is 305 cm³/mol. The highest BCUT2D eigenvalue weighted by Crippen LogP contribution is 2.42. The molecule has 0 amide bonds. The van der Waals surface area contributed by atoms with Crippen molar-refractivity contribution in [2.45, 2.75) is 113 Å². The quantitative estimate of drug-likeness (QED) is 0.0776. The van der Waals surface area contributed by atoms with Crippen molar-refractivity contribution in [2.75, 3.05) is 0 Å². The highest BCUT2D eigenvalue weighted by molar-refractivity contribution is 6.15. The normalized spacial score (nSPS) is 12.5. The number of unbranched alkanes of at least 4 members (excludes halogenated alkanes) is 3. The number of rotatable bonds is 10. The molecule has 69 heavy (non-hydrogen) atoms. The molecule has 1 aliphatic carbocycles. The lowest BCUT2D eigenvalue weighted by Gasteiger charge is -2.18. The van der Waals surface area contributed by atoms with Crippen LogP contribution < -0.4 is 0 Å². The van der Waals surface area contributed by atoms with Crippen LogP contribution in [0.5, 0.6) is 0 Å². The summed E-state index contributed by atoms with van der Waals surface area (Å²) in [6.45, 7) is 19.1. The van der Waals surface area contributed by atoms with Crippen molar-refractivity contribution in [2.24, 2.45) is 0 Å². The first-order valence-electron chi connectivity index (χ1n) is 25.8. The van der Waals surface area contributed by atoms with Crippen molar-refractivity contribution < 1.29 is 0 Å². The van der Waals surface area contributed by atoms with Gasteiger partial charge in [0.1, 0.15) is 0 Å². The number of hydrogen-bond acceptors (Lipinski definition) is 2. The van der Waals surface area contributed by atoms with Crippen LogP contribution in [-0.4, -0.2) is 9.97 Å². The van der Waals surface area contributed by atoms with Crippen molar-refractivity contribution >= 4 is 48.7 Å². The second-order valence-corrected chi connectivity index (χ2v) is 18.0. The highest BCUT2D eigenvalue weighted by atomic mass is 14.9. The lowest BCUT2D eigenvalue weighted by atomic mass is 9.90. The first kappa shape index (κ1) is 50.0. The Hall–Kier alpha value is -6.90. The van der Waals surface area contributed by atoms with Gasteiger partial charge in [0.15, 0.2) is 5.82 Å². The lowest BCUT2D eigenvalue weighted by molar-refractivity contribution is 0.504. The molecule has 0 aliphatic heterocycles. The van der Waals surface area contributed by atoms with Crippen LogP contribution in [0.2, 0.25) is 0 Å². The predicted octanol–water partition coefficient (Wildman–Crippen LogP) is 20.5. The van der Waals surface area contributed by atoms with Gasteiger partial charge in [-0.1, -0.05) is 244 Å². The second-order valence-electron chi connectivity index (χ2n) is 18.0. The highest BCUT2D eigenvalue weighted by Gasteiger charge is 2.21. The fourth-order valence-electron chi connectivity index (χ4n) is 9.67. The molecule has 2 nitrogen and oxygen atoms in total. The zero-order valence-electron chi connectivity index (χ0n) is 42.4. The van der Waals surface area contributed by atoms with E-state index in [0.29, 0.717) is 5.82 Å². The average Bonchev–Trinajstić information content (AvgIpc) is 3.41. The number of nitrogens with zero attached hydrogens (tertiary/aromatic N) is 2. The molecule has 2 heteroatoms. The summed E-state index contributed by atoms with van der Waals surface area (Å²) in [7, 11) is 0. The summed E-state index contributed by atoms with van der Waals surface area (Å²) in [5.41, 5.74) is 11.6. The Bertz CT molecular complexity index is 3200. The topological polar surface area (TPSA) is 25.8 Å². The van der Waals surface area contributed by atoms with Gasteiger partial charge in [-0.15, -0.1) is 0 Å². The van der Waals surface area contributed by atoms with Crippen LogP contribution in [0.1, 0.15) is 116 Å². The van der Waals surface area contributed by atoms with E-state index in [0.717, 1.165) is 50.3 Å². The number of benzene rings is 8. The van der Waals surface area contributed by atoms with Crippen LogP contribution in [0.25, 0.3) is 93.7 Å². The van der Waals surface area contributed by atoms with Gasteiger partial charge in [-0.2, -0.15) is 0 Å². The molecule has 9 aromatic rings. The Morgan fingerprint density at radius 3 is 1.48 bits per heavy atom. The van der Waals surface area contributed by atoms with E-state index < -0.39 is 0 Å². The Morgan fingerprint density at radius 1 is 0.507 bits per heavy atom. The minimum absolute atomic E-state index is 0.679. The fourth-order valence-corrected chi connectivity index (χ4v) is 9.67. The maximum atomic E-state index is 5.55. The summed E-state index contributed by atoms with van der Waals surface area (Å²) >= 11 is 0. The van der Waals surface area contributed by atoms with E-state index in [9.17, 15) is 0 Å². The van der Waals surface area contributed by atoms with E-state index in [1.807, 2.05) is 32.9 Å². The molecule has 0 radical (unpaired) electrons. The summed E-state index contributed by atoms with van der Waals surface area (Å²) in [6, 6.07) is 54.6. The van der Waals surface area contributed by atoms with E-state index in [1.54, 1.807) is 0 Å². The van der Waals surface area contributed by atoms with Gasteiger partial charge in [-0.25, -0.2) is 9.97 Å². The molecule has 1 aromatic heterocycles. The molecule has 0 spiro atoms. The molecule has 10 rings (SSSR count). The zero-order chi connectivity index (χ0) is 48.5. The minimum atomic E-state index is 0.679. The van der Waals surface area contributed by atoms with Gasteiger partial charge in [-0.05, 0) is 122 Å². The standard InChI is InChI=1S/C53H40N2.C6H12.C6H14.C2H6/c1-5-7-19-36(6-2)39-29-40(49-32-37-20-9-12-23-43(37)45-25-14-16-27-47(45)49)31-41(30-39)53-54-51(42-22-11-8-18-34(42)3)35(4)52(55-53)50-33-38-21-10-13-24-44(38)46-26-15-17-28-48(46)50;1-2-4-6-5-3-1;1-3-5-6-4-2;1-2/h5-33H,2H2,1,3-4H3;1-6H2;3-6H2,1-2H3;1-2H3/b7-5-,36-19+;;;. The van der Waals surface area contributed by atoms with Gasteiger partial charge in [0.25, 0.3) is 0 Å². The molecule has 350 valence electrons. The third-order valence-electron chi connectivity index (χ3n) is 13.3. The van der Waals surface area contributed by atoms with Crippen molar-refractivity contribution in [3.05, 3.63) is 199 Å². The zero-order valence-corrected chi connectivity index (χ0v) is 42.4. The van der Waals surface area contributed by atoms with Crippen LogP contribution in [0.15, 0.2) is 183 Å². The molecule has 0 atom stereocenters. The Kier molecular flexibility index (Phi) is 18.1. The molecular weight excluding hydrogens is 833 g/mol. The van der Waals surface area contributed by atoms with Crippen LogP contribution in [0.3, 0.4) is 0 Å². The van der Waals surface area contributed by atoms with E-state index >= 15 is 0 Å². The SMILES string of the molecule is C1CCCCC1.C=C/C(=C\C=C/C)c1cc(-c2nc(-c3ccccc3C)c(C)c(-c3cc4ccccc4c4ccccc34)n2)cc(-c2cc3ccccc3c3ccccc23)c1.CC.CCCCCC. The summed E-state index contributed by atoms with van der Waals surface area (Å²) in [5.74, 6) is 0.679. The smallest absolute Gasteiger partial charge is 0.160 e. The van der Waals surface area contributed by atoms with Gasteiger partial charge in [0.2, 0.25) is 0 Å². The Morgan fingerprint density at radius 2 is 0.957 bits per heavy atom. The monoisotopic (exact) mass is 905 g/mol. The summed E-state index contributed by atoms with van der Waals surface area (Å²) in [6.07, 6.45) is 22.7. The molecule has 1 saturated carbocycles. The first-order chi connectivity index (χ1) is 33.9. The van der Waals surface area contributed by atoms with Gasteiger partial charge in [-0.3, -0.25) is 0 Å². The maximum Gasteiger partial charge on any atom is 0.160 e. The number of fused-ring (bicyclic) bond motifs is 6. The molecule has 0 saturated heterocycles. The molecule has 8 aromatic carbocycles. The molecule has 1 aliphatic rings. The van der Waals surface area contributed by atoms with Crippen LogP contribution in [0, 0.1) is 13.8 Å². The second kappa shape index (κ2) is 24.9. The van der Waals surface area contributed by atoms with Gasteiger partial charge in [0.05, 0.1) is 11.4 Å². The number of allylic oxidation sites excluding steroid dienone is 5. The van der Waals surface area contributed by atoms with E-state index in [-0.39, 0.29) is 0 Å². The minimum Gasteiger partial charge on any atom is -0.228 e. The first-order valence-corrected chi connectivity index (χ1v) is 25.8.